The van der Waals surface area contributed by atoms with Crippen LogP contribution < -0.4 is 37.3 Å². The summed E-state index contributed by atoms with van der Waals surface area (Å²) in [5, 5.41) is 14.3. The second-order valence-electron chi connectivity index (χ2n) is 18.0. The Morgan fingerprint density at radius 3 is 2.62 bits per heavy atom. The molecule has 10 unspecified atom stereocenters. The zero-order valence-electron chi connectivity index (χ0n) is 34.0. The van der Waals surface area contributed by atoms with E-state index in [4.69, 9.17) is 15.2 Å². The molecule has 11 N–H and O–H groups in total. The van der Waals surface area contributed by atoms with E-state index < -0.39 is 29.0 Å². The Morgan fingerprint density at radius 2 is 1.89 bits per heavy atom. The van der Waals surface area contributed by atoms with E-state index in [1.165, 1.54) is 11.1 Å². The van der Waals surface area contributed by atoms with Gasteiger partial charge in [0.05, 0.1) is 33.2 Å². The van der Waals surface area contributed by atoms with Gasteiger partial charge in [-0.1, -0.05) is 49.5 Å². The maximum Gasteiger partial charge on any atom is 0.350 e. The third kappa shape index (κ3) is 7.39. The van der Waals surface area contributed by atoms with Crippen LogP contribution in [0.1, 0.15) is 104 Å². The number of Topliss-reactive ketones (excluding diaryl/α,β-unsaturated/α-hetero) is 2. The first-order valence-electron chi connectivity index (χ1n) is 21.9. The van der Waals surface area contributed by atoms with Crippen molar-refractivity contribution in [2.75, 3.05) is 40.5 Å². The van der Waals surface area contributed by atoms with Crippen molar-refractivity contribution in [3.05, 3.63) is 35.5 Å². The summed E-state index contributed by atoms with van der Waals surface area (Å²) in [4.78, 5) is 46.9. The van der Waals surface area contributed by atoms with Crippen molar-refractivity contribution < 1.29 is 44.8 Å². The lowest BCUT2D eigenvalue weighted by molar-refractivity contribution is -0.717. The lowest BCUT2D eigenvalue weighted by atomic mass is 9.60. The molecule has 0 aromatic heterocycles. The standard InChI is InChI=1S/C43H67N7O5/c1-5-47-34-23-29-13-7-6-12-28(29)22-31(34)25-54-39(53)43-38(52)33-15-9-8-14-32(33)37(51)42(43,55-43)20-16-27(2)41(18-10-11-19-41)36(50-40(44)46-4)30-17-21-48-35(24-30)49-26-45-3/h7,13,16,23,28,30-36,45,47-49H,5-6,8-12,14-15,17-22,24-26H2,1-4H3,(H3,44,46,50)/p+4. The number of allylic oxidation sites excluding steroid dienone is 3. The predicted molar refractivity (Wildman–Crippen MR) is 209 cm³/mol. The van der Waals surface area contributed by atoms with Gasteiger partial charge < -0.3 is 25.4 Å². The van der Waals surface area contributed by atoms with Crippen LogP contribution in [-0.4, -0.2) is 93.4 Å². The van der Waals surface area contributed by atoms with Gasteiger partial charge in [-0.2, -0.15) is 0 Å². The Balaban J connectivity index is 1.16. The third-order valence-electron chi connectivity index (χ3n) is 15.0. The van der Waals surface area contributed by atoms with Crippen molar-refractivity contribution in [2.24, 2.45) is 40.7 Å². The summed E-state index contributed by atoms with van der Waals surface area (Å²) >= 11 is 0. The number of esters is 1. The molecule has 10 atom stereocenters. The molecule has 5 fully saturated rings. The van der Waals surface area contributed by atoms with Crippen LogP contribution >= 0.6 is 0 Å². The van der Waals surface area contributed by atoms with Gasteiger partial charge in [0.2, 0.25) is 0 Å². The van der Waals surface area contributed by atoms with Crippen LogP contribution in [0.15, 0.2) is 35.5 Å². The van der Waals surface area contributed by atoms with Crippen molar-refractivity contribution in [3.63, 3.8) is 0 Å². The molecule has 2 saturated heterocycles. The van der Waals surface area contributed by atoms with Gasteiger partial charge in [0.15, 0.2) is 17.2 Å². The smallest absolute Gasteiger partial charge is 0.350 e. The molecule has 7 aliphatic rings. The van der Waals surface area contributed by atoms with Crippen molar-refractivity contribution in [1.82, 2.24) is 10.6 Å². The molecule has 3 saturated carbocycles. The summed E-state index contributed by atoms with van der Waals surface area (Å²) in [6, 6.07) is 0.279. The molecule has 55 heavy (non-hydrogen) atoms. The number of nitrogens with two attached hydrogens (primary N) is 4. The van der Waals surface area contributed by atoms with E-state index in [1.54, 1.807) is 0 Å². The minimum Gasteiger partial charge on any atom is -0.463 e. The number of quaternary nitrogens is 3. The number of hydrogen-bond donors (Lipinski definition) is 7. The number of guanidine groups is 1. The number of likely N-dealkylation sites (N-methyl/N-ethyl adjacent to an activating group) is 1. The zero-order chi connectivity index (χ0) is 38.8. The quantitative estimate of drug-likeness (QED) is 0.0218. The van der Waals surface area contributed by atoms with E-state index in [-0.39, 0.29) is 48.0 Å². The van der Waals surface area contributed by atoms with Crippen molar-refractivity contribution >= 4 is 23.5 Å². The number of epoxide rings is 1. The molecule has 2 heterocycles. The fraction of sp³-hybridized carbons (Fsp3) is 0.767. The van der Waals surface area contributed by atoms with E-state index >= 15 is 0 Å². The number of hydrogen-bond acceptors (Lipinski definition) is 6. The first-order chi connectivity index (χ1) is 26.6. The van der Waals surface area contributed by atoms with Gasteiger partial charge in [0, 0.05) is 48.3 Å². The van der Waals surface area contributed by atoms with Gasteiger partial charge >= 0.3 is 11.9 Å². The number of nitrogens with one attached hydrogen (secondary N) is 3. The first kappa shape index (κ1) is 40.3. The normalized spacial score (nSPS) is 37.7. The third-order valence-corrected chi connectivity index (χ3v) is 15.0. The Labute approximate surface area is 328 Å². The average Bonchev–Trinajstić information content (AvgIpc) is 3.68. The molecule has 7 rings (SSSR count). The van der Waals surface area contributed by atoms with Crippen LogP contribution in [0.3, 0.4) is 0 Å². The molecule has 0 radical (unpaired) electrons. The average molecular weight is 766 g/mol. The Hall–Kier alpha value is -2.90. The molecule has 0 aromatic carbocycles. The minimum absolute atomic E-state index is 0.0680. The molecule has 12 heteroatoms. The van der Waals surface area contributed by atoms with Crippen LogP contribution in [0.2, 0.25) is 0 Å². The fourth-order valence-electron chi connectivity index (χ4n) is 12.0. The summed E-state index contributed by atoms with van der Waals surface area (Å²) < 4.78 is 12.7. The van der Waals surface area contributed by atoms with Crippen molar-refractivity contribution in [2.45, 2.75) is 133 Å². The van der Waals surface area contributed by atoms with E-state index in [0.29, 0.717) is 36.8 Å². The number of piperidine rings is 1. The summed E-state index contributed by atoms with van der Waals surface area (Å²) in [6.45, 7) is 7.40. The second kappa shape index (κ2) is 16.9. The van der Waals surface area contributed by atoms with Gasteiger partial charge in [-0.05, 0) is 76.4 Å². The van der Waals surface area contributed by atoms with E-state index in [1.807, 2.05) is 7.05 Å². The van der Waals surface area contributed by atoms with E-state index in [0.717, 1.165) is 90.4 Å². The highest BCUT2D eigenvalue weighted by molar-refractivity contribution is 6.23. The van der Waals surface area contributed by atoms with E-state index in [9.17, 15) is 14.4 Å². The molecule has 0 aromatic rings. The first-order valence-corrected chi connectivity index (χ1v) is 21.9. The SMILES string of the molecule is CC[NH2+]C1C=C2C=CCCC2CC1COC(=O)C12OC1(CC=C(C)C1(C(NC(N)=[NH+]C)C3CC[NH2+]C(NC[NH2+]C)C3)CCCC1)C(=O)C1CCCCC1C2=O. The number of carbonyl (C=O) groups is 3. The minimum atomic E-state index is -1.86. The molecule has 12 nitrogen and oxygen atoms in total. The van der Waals surface area contributed by atoms with Crippen LogP contribution in [0.25, 0.3) is 0 Å². The number of fused-ring (bicyclic) bond motifs is 3. The topological polar surface area (TPSA) is 187 Å². The molecule has 0 bridgehead atoms. The number of rotatable bonds is 14. The largest absolute Gasteiger partial charge is 0.463 e. The Morgan fingerprint density at radius 1 is 1.13 bits per heavy atom. The highest BCUT2D eigenvalue weighted by Crippen LogP contribution is 2.62. The van der Waals surface area contributed by atoms with Gasteiger partial charge in [0.1, 0.15) is 25.5 Å². The molecule has 0 spiro atoms. The van der Waals surface area contributed by atoms with Gasteiger partial charge in [-0.3, -0.25) is 25.6 Å². The van der Waals surface area contributed by atoms with Gasteiger partial charge in [-0.25, -0.2) is 10.1 Å². The summed E-state index contributed by atoms with van der Waals surface area (Å²) in [6.07, 6.45) is 22.1. The molecule has 0 amide bonds. The lowest BCUT2D eigenvalue weighted by Crippen LogP contribution is -2.98. The maximum absolute atomic E-state index is 14.7. The van der Waals surface area contributed by atoms with E-state index in [2.05, 4.69) is 76.8 Å². The van der Waals surface area contributed by atoms with Crippen molar-refractivity contribution in [1.29, 1.82) is 0 Å². The molecular weight excluding hydrogens is 695 g/mol. The lowest BCUT2D eigenvalue weighted by Gasteiger charge is -2.43. The van der Waals surface area contributed by atoms with Gasteiger partial charge in [-0.15, -0.1) is 0 Å². The van der Waals surface area contributed by atoms with Crippen LogP contribution in [-0.2, 0) is 23.9 Å². The highest BCUT2D eigenvalue weighted by Gasteiger charge is 2.87. The van der Waals surface area contributed by atoms with Crippen LogP contribution in [0.5, 0.6) is 0 Å². The fourth-order valence-corrected chi connectivity index (χ4v) is 12.0. The van der Waals surface area contributed by atoms with Gasteiger partial charge in [0.25, 0.3) is 5.60 Å². The predicted octanol–water partition coefficient (Wildman–Crippen LogP) is -1.22. The molecular formula is C43H71N7O5+4. The number of carbonyl (C=O) groups excluding carboxylic acids is 3. The van der Waals surface area contributed by atoms with Crippen LogP contribution in [0.4, 0.5) is 0 Å². The van der Waals surface area contributed by atoms with Crippen LogP contribution in [0, 0.1) is 35.0 Å². The number of ketones is 2. The summed E-state index contributed by atoms with van der Waals surface area (Å²) in [5.41, 5.74) is 5.54. The molecule has 2 aliphatic heterocycles. The zero-order valence-corrected chi connectivity index (χ0v) is 34.0. The molecule has 5 aliphatic carbocycles. The monoisotopic (exact) mass is 766 g/mol. The van der Waals surface area contributed by atoms with Crippen molar-refractivity contribution in [3.8, 4) is 0 Å². The Bertz CT molecular complexity index is 1570. The summed E-state index contributed by atoms with van der Waals surface area (Å²) in [5.74, 6) is -0.276. The highest BCUT2D eigenvalue weighted by atomic mass is 16.7. The second-order valence-corrected chi connectivity index (χ2v) is 18.0. The number of ether oxygens (including phenoxy) is 2. The molecule has 304 valence electrons. The Kier molecular flexibility index (Phi) is 12.4. The summed E-state index contributed by atoms with van der Waals surface area (Å²) in [7, 11) is 3.93. The maximum atomic E-state index is 14.7.